The first-order valence-electron chi connectivity index (χ1n) is 36.7. The lowest BCUT2D eigenvalue weighted by Gasteiger charge is -2.21. The van der Waals surface area contributed by atoms with Gasteiger partial charge in [-0.25, -0.2) is 9.13 Å². The molecule has 0 rings (SSSR count). The summed E-state index contributed by atoms with van der Waals surface area (Å²) >= 11 is 0. The molecular formula is C70H136O17P2. The first kappa shape index (κ1) is 87.1. The number of hydrogen-bond acceptors (Lipinski definition) is 15. The van der Waals surface area contributed by atoms with Crippen LogP contribution in [0.4, 0.5) is 0 Å². The average molecular weight is 1310 g/mol. The van der Waals surface area contributed by atoms with Gasteiger partial charge in [-0.3, -0.25) is 37.3 Å². The maximum absolute atomic E-state index is 13.0. The average Bonchev–Trinajstić information content (AvgIpc) is 3.56. The summed E-state index contributed by atoms with van der Waals surface area (Å²) in [5, 5.41) is 10.6. The Morgan fingerprint density at radius 2 is 0.539 bits per heavy atom. The van der Waals surface area contributed by atoms with Crippen molar-refractivity contribution in [3.63, 3.8) is 0 Å². The molecule has 0 saturated heterocycles. The summed E-state index contributed by atoms with van der Waals surface area (Å²) in [5.74, 6) is -1.35. The number of aliphatic hydroxyl groups is 1. The molecule has 0 spiro atoms. The third kappa shape index (κ3) is 63.2. The van der Waals surface area contributed by atoms with E-state index in [0.717, 1.165) is 95.8 Å². The van der Waals surface area contributed by atoms with E-state index in [1.807, 2.05) is 0 Å². The first-order chi connectivity index (χ1) is 43.1. The van der Waals surface area contributed by atoms with Gasteiger partial charge in [0.15, 0.2) is 12.2 Å². The van der Waals surface area contributed by atoms with E-state index in [-0.39, 0.29) is 25.7 Å². The van der Waals surface area contributed by atoms with Crippen LogP contribution in [0.15, 0.2) is 0 Å². The molecule has 0 aromatic rings. The van der Waals surface area contributed by atoms with E-state index in [0.29, 0.717) is 25.7 Å². The van der Waals surface area contributed by atoms with Crippen molar-refractivity contribution in [2.45, 2.75) is 380 Å². The predicted molar refractivity (Wildman–Crippen MR) is 358 cm³/mol. The minimum Gasteiger partial charge on any atom is -0.462 e. The van der Waals surface area contributed by atoms with Gasteiger partial charge in [0.05, 0.1) is 26.4 Å². The second kappa shape index (κ2) is 63.5. The number of aliphatic hydroxyl groups excluding tert-OH is 1. The Labute approximate surface area is 543 Å². The number of carbonyl (C=O) groups excluding carboxylic acids is 4. The van der Waals surface area contributed by atoms with Crippen molar-refractivity contribution in [2.75, 3.05) is 39.6 Å². The second-order valence-electron chi connectivity index (χ2n) is 25.5. The van der Waals surface area contributed by atoms with Gasteiger partial charge in [0, 0.05) is 25.7 Å². The fraction of sp³-hybridized carbons (Fsp3) is 0.943. The van der Waals surface area contributed by atoms with Crippen LogP contribution in [0.2, 0.25) is 0 Å². The van der Waals surface area contributed by atoms with Gasteiger partial charge in [0.1, 0.15) is 19.3 Å². The van der Waals surface area contributed by atoms with Gasteiger partial charge in [-0.15, -0.1) is 0 Å². The smallest absolute Gasteiger partial charge is 0.462 e. The second-order valence-corrected chi connectivity index (χ2v) is 28.4. The van der Waals surface area contributed by atoms with Crippen LogP contribution in [0, 0.1) is 5.92 Å². The Morgan fingerprint density at radius 1 is 0.315 bits per heavy atom. The fourth-order valence-corrected chi connectivity index (χ4v) is 12.2. The third-order valence-corrected chi connectivity index (χ3v) is 18.5. The topological polar surface area (TPSA) is 237 Å². The summed E-state index contributed by atoms with van der Waals surface area (Å²) in [5.41, 5.74) is 0. The van der Waals surface area contributed by atoms with Crippen molar-refractivity contribution in [3.8, 4) is 0 Å². The van der Waals surface area contributed by atoms with Gasteiger partial charge in [0.2, 0.25) is 0 Å². The lowest BCUT2D eigenvalue weighted by molar-refractivity contribution is -0.161. The Bertz CT molecular complexity index is 1720. The van der Waals surface area contributed by atoms with Crippen LogP contribution in [-0.2, 0) is 65.4 Å². The molecule has 17 nitrogen and oxygen atoms in total. The van der Waals surface area contributed by atoms with Crippen LogP contribution in [0.25, 0.3) is 0 Å². The van der Waals surface area contributed by atoms with Gasteiger partial charge < -0.3 is 33.8 Å². The van der Waals surface area contributed by atoms with Gasteiger partial charge >= 0.3 is 39.5 Å². The van der Waals surface area contributed by atoms with Crippen LogP contribution in [-0.4, -0.2) is 96.7 Å². The summed E-state index contributed by atoms with van der Waals surface area (Å²) in [4.78, 5) is 72.5. The first-order valence-corrected chi connectivity index (χ1v) is 39.7. The molecule has 0 aromatic heterocycles. The van der Waals surface area contributed by atoms with Crippen LogP contribution in [0.5, 0.6) is 0 Å². The number of ether oxygens (including phenoxy) is 4. The van der Waals surface area contributed by atoms with Gasteiger partial charge in [0.25, 0.3) is 0 Å². The van der Waals surface area contributed by atoms with E-state index >= 15 is 0 Å². The molecule has 3 N–H and O–H groups in total. The summed E-state index contributed by atoms with van der Waals surface area (Å²) in [7, 11) is -9.90. The number of unbranched alkanes of at least 4 members (excludes halogenated alkanes) is 41. The summed E-state index contributed by atoms with van der Waals surface area (Å²) in [6.45, 7) is 7.23. The number of phosphoric ester groups is 2. The van der Waals surface area contributed by atoms with E-state index in [4.69, 9.17) is 37.0 Å². The lowest BCUT2D eigenvalue weighted by atomic mass is 9.99. The Hall–Kier alpha value is -1.94. The standard InChI is InChI=1S/C70H136O17P2/c1-6-10-13-16-19-22-24-25-26-27-28-29-31-34-41-46-51-56-70(75)87-66(60-81-68(73)54-49-44-39-36-35-37-42-47-52-63(5)9-4)62-85-89(78,79)83-58-64(71)57-82-88(76,77)84-61-65(59-80-67(72)53-48-43-38-32-21-18-15-12-8-3)86-69(74)55-50-45-40-33-30-23-20-17-14-11-7-2/h63-66,71H,6-62H2,1-5H3,(H,76,77)(H,78,79)/t63?,64-,65+,66+/m0/s1. The van der Waals surface area contributed by atoms with Crippen LogP contribution in [0.1, 0.15) is 362 Å². The van der Waals surface area contributed by atoms with Crippen molar-refractivity contribution in [3.05, 3.63) is 0 Å². The highest BCUT2D eigenvalue weighted by Gasteiger charge is 2.30. The zero-order valence-corrected chi connectivity index (χ0v) is 59.4. The molecule has 89 heavy (non-hydrogen) atoms. The van der Waals surface area contributed by atoms with Crippen molar-refractivity contribution in [2.24, 2.45) is 5.92 Å². The zero-order valence-electron chi connectivity index (χ0n) is 57.6. The van der Waals surface area contributed by atoms with E-state index in [9.17, 15) is 43.2 Å². The van der Waals surface area contributed by atoms with Crippen molar-refractivity contribution in [1.29, 1.82) is 0 Å². The van der Waals surface area contributed by atoms with Gasteiger partial charge in [-0.2, -0.15) is 0 Å². The van der Waals surface area contributed by atoms with Crippen LogP contribution in [0.3, 0.4) is 0 Å². The molecular weight excluding hydrogens is 1170 g/mol. The minimum absolute atomic E-state index is 0.107. The zero-order chi connectivity index (χ0) is 65.6. The molecule has 6 atom stereocenters. The van der Waals surface area contributed by atoms with E-state index < -0.39 is 97.5 Å². The fourth-order valence-electron chi connectivity index (χ4n) is 10.6. The number of esters is 4. The highest BCUT2D eigenvalue weighted by atomic mass is 31.2. The largest absolute Gasteiger partial charge is 0.472 e. The molecule has 19 heteroatoms. The summed E-state index contributed by atoms with van der Waals surface area (Å²) in [6.07, 6.45) is 49.8. The summed E-state index contributed by atoms with van der Waals surface area (Å²) < 4.78 is 68.2. The molecule has 528 valence electrons. The molecule has 0 heterocycles. The molecule has 0 aliphatic rings. The van der Waals surface area contributed by atoms with Crippen LogP contribution >= 0.6 is 15.6 Å². The lowest BCUT2D eigenvalue weighted by Crippen LogP contribution is -2.30. The predicted octanol–water partition coefficient (Wildman–Crippen LogP) is 20.1. The van der Waals surface area contributed by atoms with Crippen LogP contribution < -0.4 is 0 Å². The van der Waals surface area contributed by atoms with E-state index in [2.05, 4.69) is 34.6 Å². The van der Waals surface area contributed by atoms with Gasteiger partial charge in [-0.05, 0) is 31.6 Å². The minimum atomic E-state index is -4.95. The molecule has 0 aliphatic carbocycles. The van der Waals surface area contributed by atoms with Crippen molar-refractivity contribution < 1.29 is 80.2 Å². The van der Waals surface area contributed by atoms with E-state index in [1.165, 1.54) is 186 Å². The third-order valence-electron chi connectivity index (χ3n) is 16.6. The maximum atomic E-state index is 13.0. The molecule has 0 amide bonds. The number of rotatable bonds is 70. The number of hydrogen-bond donors (Lipinski definition) is 3. The van der Waals surface area contributed by atoms with Crippen molar-refractivity contribution >= 4 is 39.5 Å². The molecule has 0 saturated carbocycles. The number of carbonyl (C=O) groups is 4. The Balaban J connectivity index is 5.22. The summed E-state index contributed by atoms with van der Waals surface area (Å²) in [6, 6.07) is 0. The maximum Gasteiger partial charge on any atom is 0.472 e. The molecule has 0 aliphatic heterocycles. The highest BCUT2D eigenvalue weighted by molar-refractivity contribution is 7.47. The Kier molecular flexibility index (Phi) is 62.1. The molecule has 0 aromatic carbocycles. The van der Waals surface area contributed by atoms with Crippen molar-refractivity contribution in [1.82, 2.24) is 0 Å². The van der Waals surface area contributed by atoms with Gasteiger partial charge in [-0.1, -0.05) is 311 Å². The quantitative estimate of drug-likeness (QED) is 0.0222. The SMILES string of the molecule is CCCCCCCCCCCCCCCCCCCC(=O)O[C@H](COC(=O)CCCCCCCCCCC(C)CC)COP(=O)(O)OC[C@@H](O)COP(=O)(O)OC[C@@H](COC(=O)CCCCCCCCCCC)OC(=O)CCCCCCCCCCCCC. The molecule has 0 fully saturated rings. The molecule has 0 radical (unpaired) electrons. The molecule has 0 bridgehead atoms. The van der Waals surface area contributed by atoms with E-state index in [1.54, 1.807) is 0 Å². The Morgan fingerprint density at radius 3 is 0.798 bits per heavy atom. The molecule has 3 unspecified atom stereocenters. The monoisotopic (exact) mass is 1310 g/mol. The number of phosphoric acid groups is 2. The normalized spacial score (nSPS) is 14.4. The highest BCUT2D eigenvalue weighted by Crippen LogP contribution is 2.45.